The van der Waals surface area contributed by atoms with Crippen molar-refractivity contribution < 1.29 is 0 Å². The van der Waals surface area contributed by atoms with Crippen LogP contribution in [0.4, 0.5) is 0 Å². The molecule has 4 nitrogen and oxygen atoms in total. The van der Waals surface area contributed by atoms with Gasteiger partial charge in [0.25, 0.3) is 0 Å². The van der Waals surface area contributed by atoms with E-state index < -0.39 is 0 Å². The van der Waals surface area contributed by atoms with E-state index in [1.165, 1.54) is 12.8 Å². The van der Waals surface area contributed by atoms with Gasteiger partial charge in [0.05, 0.1) is 0 Å². The van der Waals surface area contributed by atoms with Crippen LogP contribution >= 0.6 is 0 Å². The van der Waals surface area contributed by atoms with Crippen LogP contribution < -0.4 is 5.73 Å². The summed E-state index contributed by atoms with van der Waals surface area (Å²) in [6.45, 7) is 1.43. The average Bonchev–Trinajstić information content (AvgIpc) is 2.03. The van der Waals surface area contributed by atoms with Crippen LogP contribution in [-0.4, -0.2) is 13.1 Å². The maximum atomic E-state index is 7.95. The molecule has 0 aliphatic carbocycles. The Labute approximate surface area is 67.4 Å². The first-order chi connectivity index (χ1) is 5.41. The zero-order valence-electron chi connectivity index (χ0n) is 6.87. The summed E-state index contributed by atoms with van der Waals surface area (Å²) in [5.74, 6) is 0. The zero-order valence-corrected chi connectivity index (χ0v) is 6.87. The van der Waals surface area contributed by atoms with Gasteiger partial charge in [0.15, 0.2) is 0 Å². The van der Waals surface area contributed by atoms with Gasteiger partial charge in [-0.1, -0.05) is 24.4 Å². The second kappa shape index (κ2) is 9.27. The lowest BCUT2D eigenvalue weighted by Crippen LogP contribution is -1.97. The number of rotatable bonds is 7. The number of nitrogens with zero attached hydrogens (tertiary/aromatic N) is 3. The van der Waals surface area contributed by atoms with Gasteiger partial charge < -0.3 is 5.73 Å². The van der Waals surface area contributed by atoms with Crippen molar-refractivity contribution >= 4 is 0 Å². The highest BCUT2D eigenvalue weighted by Crippen LogP contribution is 2.01. The summed E-state index contributed by atoms with van der Waals surface area (Å²) >= 11 is 0. The molecule has 2 N–H and O–H groups in total. The molecule has 0 heterocycles. The van der Waals surface area contributed by atoms with E-state index in [1.807, 2.05) is 0 Å². The molecule has 0 aromatic carbocycles. The minimum Gasteiger partial charge on any atom is -0.330 e. The molecule has 0 radical (unpaired) electrons. The predicted octanol–water partition coefficient (Wildman–Crippen LogP) is 2.21. The first-order valence-corrected chi connectivity index (χ1v) is 4.12. The second-order valence-electron chi connectivity index (χ2n) is 2.51. The van der Waals surface area contributed by atoms with Gasteiger partial charge in [0, 0.05) is 11.5 Å². The minimum atomic E-state index is 0.638. The summed E-state index contributed by atoms with van der Waals surface area (Å²) in [7, 11) is 0. The smallest absolute Gasteiger partial charge is 0.0257 e. The summed E-state index contributed by atoms with van der Waals surface area (Å²) in [4.78, 5) is 2.67. The number of nitrogens with two attached hydrogens (primary N) is 1. The molecule has 0 bridgehead atoms. The normalized spacial score (nSPS) is 9.18. The fourth-order valence-corrected chi connectivity index (χ4v) is 0.902. The highest BCUT2D eigenvalue weighted by Gasteiger charge is 1.87. The average molecular weight is 156 g/mol. The summed E-state index contributed by atoms with van der Waals surface area (Å²) in [6.07, 6.45) is 5.68. The van der Waals surface area contributed by atoms with E-state index in [0.29, 0.717) is 6.54 Å². The van der Waals surface area contributed by atoms with E-state index >= 15 is 0 Å². The fraction of sp³-hybridized carbons (Fsp3) is 1.00. The van der Waals surface area contributed by atoms with Crippen LogP contribution in [0.5, 0.6) is 0 Å². The first kappa shape index (κ1) is 10.3. The van der Waals surface area contributed by atoms with Crippen molar-refractivity contribution in [2.45, 2.75) is 32.1 Å². The molecule has 0 rings (SSSR count). The molecule has 0 aliphatic rings. The third-order valence-electron chi connectivity index (χ3n) is 1.53. The first-order valence-electron chi connectivity index (χ1n) is 4.12. The topological polar surface area (TPSA) is 74.8 Å². The summed E-state index contributed by atoms with van der Waals surface area (Å²) in [6, 6.07) is 0. The highest BCUT2D eigenvalue weighted by atomic mass is 15.1. The highest BCUT2D eigenvalue weighted by molar-refractivity contribution is 4.49. The van der Waals surface area contributed by atoms with Gasteiger partial charge in [-0.05, 0) is 24.9 Å². The van der Waals surface area contributed by atoms with E-state index in [1.54, 1.807) is 0 Å². The molecule has 0 spiro atoms. The summed E-state index contributed by atoms with van der Waals surface area (Å²) in [5, 5.41) is 3.45. The number of hydrogen-bond donors (Lipinski definition) is 1. The van der Waals surface area contributed by atoms with Gasteiger partial charge in [-0.2, -0.15) is 0 Å². The van der Waals surface area contributed by atoms with Crippen LogP contribution in [0, 0.1) is 0 Å². The van der Waals surface area contributed by atoms with E-state index in [4.69, 9.17) is 11.3 Å². The number of hydrogen-bond acceptors (Lipinski definition) is 2. The maximum absolute atomic E-state index is 7.95. The Balaban J connectivity index is 2.84. The van der Waals surface area contributed by atoms with Gasteiger partial charge in [0.2, 0.25) is 0 Å². The molecule has 0 saturated heterocycles. The molecular formula is C7H16N4. The van der Waals surface area contributed by atoms with Gasteiger partial charge in [-0.3, -0.25) is 0 Å². The van der Waals surface area contributed by atoms with Crippen LogP contribution in [0.1, 0.15) is 32.1 Å². The molecule has 0 atom stereocenters. The van der Waals surface area contributed by atoms with Crippen molar-refractivity contribution in [3.63, 3.8) is 0 Å². The molecule has 0 aliphatic heterocycles. The Morgan fingerprint density at radius 2 is 1.73 bits per heavy atom. The van der Waals surface area contributed by atoms with Crippen molar-refractivity contribution in [1.29, 1.82) is 0 Å². The Hall–Kier alpha value is -0.730. The van der Waals surface area contributed by atoms with Crippen LogP contribution in [0.15, 0.2) is 5.11 Å². The van der Waals surface area contributed by atoms with Crippen molar-refractivity contribution in [2.24, 2.45) is 10.8 Å². The van der Waals surface area contributed by atoms with Gasteiger partial charge >= 0.3 is 0 Å². The quantitative estimate of drug-likeness (QED) is 0.261. The molecule has 0 saturated carbocycles. The van der Waals surface area contributed by atoms with Crippen molar-refractivity contribution in [1.82, 2.24) is 0 Å². The number of azide groups is 1. The van der Waals surface area contributed by atoms with Crippen molar-refractivity contribution in [3.05, 3.63) is 10.4 Å². The van der Waals surface area contributed by atoms with E-state index in [9.17, 15) is 0 Å². The lowest BCUT2D eigenvalue weighted by Gasteiger charge is -1.96. The molecule has 0 unspecified atom stereocenters. The summed E-state index contributed by atoms with van der Waals surface area (Å²) in [5.41, 5.74) is 13.3. The predicted molar refractivity (Wildman–Crippen MR) is 46.2 cm³/mol. The van der Waals surface area contributed by atoms with Gasteiger partial charge in [0.1, 0.15) is 0 Å². The Morgan fingerprint density at radius 1 is 1.09 bits per heavy atom. The third kappa shape index (κ3) is 9.27. The van der Waals surface area contributed by atoms with Crippen LogP contribution in [-0.2, 0) is 0 Å². The van der Waals surface area contributed by atoms with Crippen molar-refractivity contribution in [2.75, 3.05) is 13.1 Å². The third-order valence-corrected chi connectivity index (χ3v) is 1.53. The molecule has 0 fully saturated rings. The Kier molecular flexibility index (Phi) is 8.65. The second-order valence-corrected chi connectivity index (χ2v) is 2.51. The molecule has 0 aromatic heterocycles. The molecule has 0 amide bonds. The van der Waals surface area contributed by atoms with Crippen molar-refractivity contribution in [3.8, 4) is 0 Å². The van der Waals surface area contributed by atoms with E-state index in [-0.39, 0.29) is 0 Å². The van der Waals surface area contributed by atoms with Gasteiger partial charge in [-0.15, -0.1) is 0 Å². The van der Waals surface area contributed by atoms with Crippen LogP contribution in [0.2, 0.25) is 0 Å². The monoisotopic (exact) mass is 156 g/mol. The lowest BCUT2D eigenvalue weighted by molar-refractivity contribution is 0.622. The molecule has 4 heteroatoms. The van der Waals surface area contributed by atoms with E-state index in [0.717, 1.165) is 25.8 Å². The zero-order chi connectivity index (χ0) is 8.36. The largest absolute Gasteiger partial charge is 0.330 e. The van der Waals surface area contributed by atoms with Crippen LogP contribution in [0.25, 0.3) is 10.4 Å². The molecule has 0 aromatic rings. The molecular weight excluding hydrogens is 140 g/mol. The lowest BCUT2D eigenvalue weighted by atomic mass is 10.1. The van der Waals surface area contributed by atoms with Gasteiger partial charge in [-0.25, -0.2) is 0 Å². The maximum Gasteiger partial charge on any atom is 0.0257 e. The number of unbranched alkanes of at least 4 members (excludes halogenated alkanes) is 4. The Morgan fingerprint density at radius 3 is 2.36 bits per heavy atom. The van der Waals surface area contributed by atoms with E-state index in [2.05, 4.69) is 10.0 Å². The standard InChI is InChI=1S/C7H16N4/c8-6-4-2-1-3-5-7-10-11-9/h1-8H2. The molecule has 64 valence electrons. The summed E-state index contributed by atoms with van der Waals surface area (Å²) < 4.78 is 0. The molecule has 11 heavy (non-hydrogen) atoms. The van der Waals surface area contributed by atoms with Crippen LogP contribution in [0.3, 0.4) is 0 Å². The fourth-order valence-electron chi connectivity index (χ4n) is 0.902. The minimum absolute atomic E-state index is 0.638. The Bertz CT molecular complexity index is 118. The SMILES string of the molecule is [N-]=[N+]=NCCCCCCCN.